The number of fused-ring (bicyclic) bond motifs is 2. The lowest BCUT2D eigenvalue weighted by Crippen LogP contribution is -2.12. The van der Waals surface area contributed by atoms with Crippen LogP contribution in [0, 0.1) is 0 Å². The van der Waals surface area contributed by atoms with Gasteiger partial charge in [0.05, 0.1) is 0 Å². The van der Waals surface area contributed by atoms with Gasteiger partial charge in [0.1, 0.15) is 5.75 Å². The minimum atomic E-state index is -1.04. The lowest BCUT2D eigenvalue weighted by molar-refractivity contribution is -0.139. The molecule has 0 saturated heterocycles. The molecule has 3 aromatic rings. The van der Waals surface area contributed by atoms with E-state index in [1.807, 2.05) is 37.3 Å². The van der Waals surface area contributed by atoms with Crippen LogP contribution in [0.1, 0.15) is 12.5 Å². The second kappa shape index (κ2) is 5.77. The summed E-state index contributed by atoms with van der Waals surface area (Å²) in [6.07, 6.45) is 0.604. The number of rotatable bonds is 4. The van der Waals surface area contributed by atoms with E-state index in [1.54, 1.807) is 17.4 Å². The second-order valence-electron chi connectivity index (χ2n) is 4.88. The number of benzene rings is 2. The average Bonchev–Trinajstić information content (AvgIpc) is 2.52. The summed E-state index contributed by atoms with van der Waals surface area (Å²) in [4.78, 5) is 23.5. The first kappa shape index (κ1) is 14.5. The monoisotopic (exact) mass is 314 g/mol. The van der Waals surface area contributed by atoms with Crippen molar-refractivity contribution in [1.82, 2.24) is 0 Å². The molecular weight excluding hydrogens is 300 g/mol. The summed E-state index contributed by atoms with van der Waals surface area (Å²) in [7, 11) is 0. The van der Waals surface area contributed by atoms with Gasteiger partial charge >= 0.3 is 5.97 Å². The number of carboxylic acid groups (broad SMARTS) is 1. The molecule has 5 heteroatoms. The van der Waals surface area contributed by atoms with E-state index in [0.29, 0.717) is 22.9 Å². The first-order valence-corrected chi connectivity index (χ1v) is 7.75. The van der Waals surface area contributed by atoms with E-state index in [0.717, 1.165) is 15.0 Å². The van der Waals surface area contributed by atoms with Crippen molar-refractivity contribution in [3.63, 3.8) is 0 Å². The van der Waals surface area contributed by atoms with Crippen LogP contribution in [-0.2, 0) is 11.2 Å². The number of carbonyl (C=O) groups is 1. The van der Waals surface area contributed by atoms with Crippen molar-refractivity contribution >= 4 is 37.5 Å². The highest BCUT2D eigenvalue weighted by atomic mass is 32.1. The van der Waals surface area contributed by atoms with E-state index in [9.17, 15) is 9.59 Å². The molecule has 1 N–H and O–H groups in total. The summed E-state index contributed by atoms with van der Waals surface area (Å²) in [5.74, 6) is -0.567. The van der Waals surface area contributed by atoms with Crippen molar-refractivity contribution in [1.29, 1.82) is 0 Å². The predicted octanol–water partition coefficient (Wildman–Crippen LogP) is 3.44. The predicted molar refractivity (Wildman–Crippen MR) is 88.1 cm³/mol. The molecule has 3 rings (SSSR count). The molecule has 2 aromatic carbocycles. The van der Waals surface area contributed by atoms with Crippen LogP contribution in [0.2, 0.25) is 0 Å². The van der Waals surface area contributed by atoms with Crippen molar-refractivity contribution in [3.8, 4) is 5.75 Å². The van der Waals surface area contributed by atoms with Gasteiger partial charge in [-0.15, -0.1) is 11.3 Å². The maximum atomic E-state index is 12.8. The Bertz CT molecular complexity index is 927. The van der Waals surface area contributed by atoms with Gasteiger partial charge < -0.3 is 9.84 Å². The van der Waals surface area contributed by atoms with Crippen LogP contribution < -0.4 is 10.2 Å². The number of aryl methyl sites for hydroxylation is 1. The van der Waals surface area contributed by atoms with E-state index < -0.39 is 12.6 Å². The Labute approximate surface area is 130 Å². The van der Waals surface area contributed by atoms with Crippen molar-refractivity contribution in [2.75, 3.05) is 6.61 Å². The normalized spacial score (nSPS) is 11.0. The lowest BCUT2D eigenvalue weighted by Gasteiger charge is -2.12. The van der Waals surface area contributed by atoms with Crippen LogP contribution in [0.25, 0.3) is 20.2 Å². The maximum absolute atomic E-state index is 12.8. The maximum Gasteiger partial charge on any atom is 0.341 e. The topological polar surface area (TPSA) is 63.6 Å². The third-order valence-electron chi connectivity index (χ3n) is 3.52. The Morgan fingerprint density at radius 2 is 1.95 bits per heavy atom. The van der Waals surface area contributed by atoms with Gasteiger partial charge in [-0.2, -0.15) is 0 Å². The molecule has 0 fully saturated rings. The molecular formula is C17H14O4S. The summed E-state index contributed by atoms with van der Waals surface area (Å²) < 4.78 is 7.17. The highest BCUT2D eigenvalue weighted by Gasteiger charge is 2.14. The van der Waals surface area contributed by atoms with E-state index in [1.165, 1.54) is 0 Å². The minimum absolute atomic E-state index is 0.0259. The molecule has 0 aliphatic heterocycles. The number of carboxylic acids is 1. The van der Waals surface area contributed by atoms with E-state index in [2.05, 4.69) is 0 Å². The molecule has 1 aromatic heterocycles. The van der Waals surface area contributed by atoms with Gasteiger partial charge in [-0.3, -0.25) is 4.79 Å². The summed E-state index contributed by atoms with van der Waals surface area (Å²) in [6.45, 7) is 1.52. The largest absolute Gasteiger partial charge is 0.482 e. The van der Waals surface area contributed by atoms with Crippen LogP contribution >= 0.6 is 11.3 Å². The lowest BCUT2D eigenvalue weighted by atomic mass is 10.0. The zero-order chi connectivity index (χ0) is 15.7. The quantitative estimate of drug-likeness (QED) is 0.749. The Morgan fingerprint density at radius 1 is 1.18 bits per heavy atom. The third-order valence-corrected chi connectivity index (χ3v) is 4.65. The Kier molecular flexibility index (Phi) is 3.81. The molecule has 0 amide bonds. The second-order valence-corrected chi connectivity index (χ2v) is 5.96. The SMILES string of the molecule is CCc1c(OCC(=O)O)ccc2sc3ccccc3c(=O)c12. The minimum Gasteiger partial charge on any atom is -0.482 e. The molecule has 0 radical (unpaired) electrons. The Morgan fingerprint density at radius 3 is 2.68 bits per heavy atom. The highest BCUT2D eigenvalue weighted by molar-refractivity contribution is 7.24. The van der Waals surface area contributed by atoms with E-state index in [4.69, 9.17) is 9.84 Å². The molecule has 1 heterocycles. The van der Waals surface area contributed by atoms with Crippen molar-refractivity contribution in [2.24, 2.45) is 0 Å². The van der Waals surface area contributed by atoms with Crippen molar-refractivity contribution in [3.05, 3.63) is 52.2 Å². The highest BCUT2D eigenvalue weighted by Crippen LogP contribution is 2.32. The number of ether oxygens (including phenoxy) is 1. The summed E-state index contributed by atoms with van der Waals surface area (Å²) in [6, 6.07) is 11.1. The number of hydrogen-bond acceptors (Lipinski definition) is 4. The van der Waals surface area contributed by atoms with Gasteiger partial charge in [0.25, 0.3) is 0 Å². The Balaban J connectivity index is 2.30. The fourth-order valence-corrected chi connectivity index (χ4v) is 3.67. The standard InChI is InChI=1S/C17H14O4S/c1-2-10-12(21-9-15(18)19)7-8-14-16(10)17(20)11-5-3-4-6-13(11)22-14/h3-8H,2,9H2,1H3,(H,18,19). The fourth-order valence-electron chi connectivity index (χ4n) is 2.56. The van der Waals surface area contributed by atoms with Gasteiger partial charge in [-0.25, -0.2) is 4.79 Å². The zero-order valence-corrected chi connectivity index (χ0v) is 12.8. The van der Waals surface area contributed by atoms with Gasteiger partial charge in [-0.1, -0.05) is 19.1 Å². The molecule has 0 aliphatic carbocycles. The van der Waals surface area contributed by atoms with Crippen LogP contribution in [0.15, 0.2) is 41.2 Å². The summed E-state index contributed by atoms with van der Waals surface area (Å²) in [5.41, 5.74) is 0.743. The smallest absolute Gasteiger partial charge is 0.341 e. The first-order chi connectivity index (χ1) is 10.6. The number of hydrogen-bond donors (Lipinski definition) is 1. The van der Waals surface area contributed by atoms with Crippen LogP contribution in [0.5, 0.6) is 5.75 Å². The molecule has 22 heavy (non-hydrogen) atoms. The van der Waals surface area contributed by atoms with Gasteiger partial charge in [0.2, 0.25) is 0 Å². The molecule has 0 aliphatic rings. The van der Waals surface area contributed by atoms with Crippen molar-refractivity contribution < 1.29 is 14.6 Å². The molecule has 0 atom stereocenters. The summed E-state index contributed by atoms with van der Waals surface area (Å²) in [5, 5.41) is 10.1. The first-order valence-electron chi connectivity index (χ1n) is 6.94. The third kappa shape index (κ3) is 2.44. The van der Waals surface area contributed by atoms with Crippen molar-refractivity contribution in [2.45, 2.75) is 13.3 Å². The average molecular weight is 314 g/mol. The van der Waals surface area contributed by atoms with Crippen LogP contribution in [0.4, 0.5) is 0 Å². The van der Waals surface area contributed by atoms with Gasteiger partial charge in [-0.05, 0) is 30.7 Å². The molecule has 4 nitrogen and oxygen atoms in total. The van der Waals surface area contributed by atoms with E-state index >= 15 is 0 Å². The van der Waals surface area contributed by atoms with E-state index in [-0.39, 0.29) is 5.43 Å². The van der Waals surface area contributed by atoms with Gasteiger partial charge in [0.15, 0.2) is 12.0 Å². The van der Waals surface area contributed by atoms with Crippen LogP contribution in [-0.4, -0.2) is 17.7 Å². The molecule has 0 unspecified atom stereocenters. The summed E-state index contributed by atoms with van der Waals surface area (Å²) >= 11 is 1.56. The molecule has 0 saturated carbocycles. The van der Waals surface area contributed by atoms with Crippen LogP contribution in [0.3, 0.4) is 0 Å². The molecule has 112 valence electrons. The molecule has 0 spiro atoms. The fraction of sp³-hybridized carbons (Fsp3) is 0.176. The number of aliphatic carboxylic acids is 1. The Hall–Kier alpha value is -2.40. The van der Waals surface area contributed by atoms with Gasteiger partial charge in [0, 0.05) is 25.7 Å². The zero-order valence-electron chi connectivity index (χ0n) is 12.0. The molecule has 0 bridgehead atoms.